The second kappa shape index (κ2) is 8.73. The fourth-order valence-electron chi connectivity index (χ4n) is 4.75. The third-order valence-electron chi connectivity index (χ3n) is 6.49. The molecule has 0 unspecified atom stereocenters. The topological polar surface area (TPSA) is 69.7 Å². The summed E-state index contributed by atoms with van der Waals surface area (Å²) < 4.78 is 28.8. The molecule has 2 fully saturated rings. The predicted molar refractivity (Wildman–Crippen MR) is 121 cm³/mol. The third-order valence-corrected chi connectivity index (χ3v) is 8.38. The Labute approximate surface area is 185 Å². The first-order chi connectivity index (χ1) is 14.8. The molecule has 0 bridgehead atoms. The highest BCUT2D eigenvalue weighted by Gasteiger charge is 2.43. The average molecular weight is 442 g/mol. The first kappa shape index (κ1) is 22.0. The van der Waals surface area contributed by atoms with Gasteiger partial charge in [-0.2, -0.15) is 4.31 Å². The van der Waals surface area contributed by atoms with Gasteiger partial charge < -0.3 is 10.2 Å². The van der Waals surface area contributed by atoms with Gasteiger partial charge in [-0.15, -0.1) is 0 Å². The maximum atomic E-state index is 13.6. The number of sulfonamides is 1. The molecule has 6 nitrogen and oxygen atoms in total. The Morgan fingerprint density at radius 1 is 1.00 bits per heavy atom. The van der Waals surface area contributed by atoms with Crippen molar-refractivity contribution in [3.63, 3.8) is 0 Å². The number of rotatable bonds is 4. The van der Waals surface area contributed by atoms with E-state index in [0.29, 0.717) is 19.4 Å². The average Bonchev–Trinajstić information content (AvgIpc) is 2.79. The van der Waals surface area contributed by atoms with Gasteiger partial charge in [-0.3, -0.25) is 4.79 Å². The lowest BCUT2D eigenvalue weighted by atomic mass is 9.88. The van der Waals surface area contributed by atoms with Gasteiger partial charge >= 0.3 is 0 Å². The number of piperazine rings is 1. The molecule has 2 saturated heterocycles. The molecule has 0 aromatic heterocycles. The number of hydrogen-bond acceptors (Lipinski definition) is 4. The van der Waals surface area contributed by atoms with Crippen LogP contribution in [-0.2, 0) is 14.8 Å². The van der Waals surface area contributed by atoms with Crippen LogP contribution < -0.4 is 5.32 Å². The van der Waals surface area contributed by atoms with Gasteiger partial charge in [-0.25, -0.2) is 8.42 Å². The number of nitrogens with one attached hydrogen (secondary N) is 1. The predicted octanol–water partition coefficient (Wildman–Crippen LogP) is 3.04. The van der Waals surface area contributed by atoms with E-state index in [1.807, 2.05) is 41.3 Å². The van der Waals surface area contributed by atoms with Crippen molar-refractivity contribution in [2.75, 3.05) is 26.2 Å². The van der Waals surface area contributed by atoms with Gasteiger partial charge in [0.2, 0.25) is 15.9 Å². The highest BCUT2D eigenvalue weighted by molar-refractivity contribution is 7.89. The van der Waals surface area contributed by atoms with Gasteiger partial charge in [0.15, 0.2) is 0 Å². The maximum Gasteiger partial charge on any atom is 0.243 e. The molecule has 1 amide bonds. The Kier molecular flexibility index (Phi) is 6.19. The quantitative estimate of drug-likeness (QED) is 0.792. The van der Waals surface area contributed by atoms with E-state index in [-0.39, 0.29) is 34.8 Å². The second-order valence-electron chi connectivity index (χ2n) is 9.07. The molecule has 1 N–H and O–H groups in total. The van der Waals surface area contributed by atoms with E-state index in [4.69, 9.17) is 0 Å². The van der Waals surface area contributed by atoms with Gasteiger partial charge in [-0.1, -0.05) is 48.5 Å². The first-order valence-corrected chi connectivity index (χ1v) is 12.4. The van der Waals surface area contributed by atoms with Crippen LogP contribution in [0.3, 0.4) is 0 Å². The first-order valence-electron chi connectivity index (χ1n) is 10.9. The second-order valence-corrected chi connectivity index (χ2v) is 11.0. The van der Waals surface area contributed by atoms with Gasteiger partial charge in [-0.05, 0) is 44.4 Å². The SMILES string of the molecule is CC1(C)CNCCN1C(=O)[C@@H]1CC[C@H](c2ccccc2)N(S(=O)(=O)c2ccccc2)C1. The van der Waals surface area contributed by atoms with Crippen LogP contribution >= 0.6 is 0 Å². The summed E-state index contributed by atoms with van der Waals surface area (Å²) in [7, 11) is -3.74. The minimum Gasteiger partial charge on any atom is -0.335 e. The van der Waals surface area contributed by atoms with Crippen LogP contribution in [0.15, 0.2) is 65.6 Å². The molecule has 2 aromatic carbocycles. The van der Waals surface area contributed by atoms with E-state index in [2.05, 4.69) is 19.2 Å². The zero-order chi connectivity index (χ0) is 22.1. The summed E-state index contributed by atoms with van der Waals surface area (Å²) in [5, 5.41) is 3.35. The molecular formula is C24H31N3O3S. The minimum absolute atomic E-state index is 0.0614. The van der Waals surface area contributed by atoms with E-state index in [9.17, 15) is 13.2 Å². The number of nitrogens with zero attached hydrogens (tertiary/aromatic N) is 2. The normalized spacial score (nSPS) is 24.6. The smallest absolute Gasteiger partial charge is 0.243 e. The number of benzene rings is 2. The van der Waals surface area contributed by atoms with E-state index < -0.39 is 10.0 Å². The molecule has 166 valence electrons. The fraction of sp³-hybridized carbons (Fsp3) is 0.458. The molecule has 2 aromatic rings. The summed E-state index contributed by atoms with van der Waals surface area (Å²) in [6, 6.07) is 18.0. The minimum atomic E-state index is -3.74. The molecule has 2 atom stereocenters. The van der Waals surface area contributed by atoms with Crippen LogP contribution in [0.5, 0.6) is 0 Å². The van der Waals surface area contributed by atoms with E-state index in [0.717, 1.165) is 18.7 Å². The Morgan fingerprint density at radius 2 is 1.65 bits per heavy atom. The Balaban J connectivity index is 1.66. The van der Waals surface area contributed by atoms with Crippen LogP contribution in [0.25, 0.3) is 0 Å². The summed E-state index contributed by atoms with van der Waals surface area (Å²) in [4.78, 5) is 15.7. The van der Waals surface area contributed by atoms with Gasteiger partial charge in [0.05, 0.1) is 16.9 Å². The van der Waals surface area contributed by atoms with Crippen LogP contribution in [0, 0.1) is 5.92 Å². The number of carbonyl (C=O) groups is 1. The van der Waals surface area contributed by atoms with Crippen LogP contribution in [0.2, 0.25) is 0 Å². The molecular weight excluding hydrogens is 410 g/mol. The summed E-state index contributed by atoms with van der Waals surface area (Å²) in [6.45, 7) is 6.48. The molecule has 4 rings (SSSR count). The number of carbonyl (C=O) groups excluding carboxylic acids is 1. The summed E-state index contributed by atoms with van der Waals surface area (Å²) in [6.07, 6.45) is 1.30. The van der Waals surface area contributed by atoms with Crippen LogP contribution in [-0.4, -0.2) is 55.2 Å². The van der Waals surface area contributed by atoms with Crippen molar-refractivity contribution in [3.05, 3.63) is 66.2 Å². The highest BCUT2D eigenvalue weighted by atomic mass is 32.2. The van der Waals surface area contributed by atoms with Gasteiger partial charge in [0, 0.05) is 31.7 Å². The molecule has 7 heteroatoms. The summed E-state index contributed by atoms with van der Waals surface area (Å²) in [5.41, 5.74) is 0.685. The Bertz CT molecular complexity index is 1010. The zero-order valence-corrected chi connectivity index (χ0v) is 19.0. The molecule has 2 heterocycles. The Hall–Kier alpha value is -2.22. The van der Waals surface area contributed by atoms with Crippen molar-refractivity contribution < 1.29 is 13.2 Å². The van der Waals surface area contributed by atoms with Crippen molar-refractivity contribution >= 4 is 15.9 Å². The highest BCUT2D eigenvalue weighted by Crippen LogP contribution is 2.38. The molecule has 31 heavy (non-hydrogen) atoms. The largest absolute Gasteiger partial charge is 0.335 e. The number of piperidine rings is 1. The lowest BCUT2D eigenvalue weighted by molar-refractivity contribution is -0.143. The fourth-order valence-corrected chi connectivity index (χ4v) is 6.46. The zero-order valence-electron chi connectivity index (χ0n) is 18.2. The van der Waals surface area contributed by atoms with Crippen LogP contribution in [0.1, 0.15) is 38.3 Å². The van der Waals surface area contributed by atoms with Crippen molar-refractivity contribution in [1.82, 2.24) is 14.5 Å². The van der Waals surface area contributed by atoms with Crippen molar-refractivity contribution in [1.29, 1.82) is 0 Å². The monoisotopic (exact) mass is 441 g/mol. The molecule has 2 aliphatic rings. The molecule has 0 radical (unpaired) electrons. The Morgan fingerprint density at radius 3 is 2.29 bits per heavy atom. The summed E-state index contributed by atoms with van der Waals surface area (Å²) in [5.74, 6) is -0.276. The van der Waals surface area contributed by atoms with Gasteiger partial charge in [0.1, 0.15) is 0 Å². The van der Waals surface area contributed by atoms with Crippen molar-refractivity contribution in [2.24, 2.45) is 5.92 Å². The van der Waals surface area contributed by atoms with Crippen molar-refractivity contribution in [2.45, 2.75) is 43.2 Å². The summed E-state index contributed by atoms with van der Waals surface area (Å²) >= 11 is 0. The lowest BCUT2D eigenvalue weighted by Crippen LogP contribution is -2.62. The van der Waals surface area contributed by atoms with E-state index in [1.54, 1.807) is 28.6 Å². The standard InChI is InChI=1S/C24H31N3O3S/c1-24(2)18-25-15-16-26(24)23(28)20-13-14-22(19-9-5-3-6-10-19)27(17-20)31(29,30)21-11-7-4-8-12-21/h3-12,20,22,25H,13-18H2,1-2H3/t20-,22-/m1/s1. The number of hydrogen-bond donors (Lipinski definition) is 1. The number of amides is 1. The van der Waals surface area contributed by atoms with E-state index >= 15 is 0 Å². The molecule has 0 saturated carbocycles. The van der Waals surface area contributed by atoms with E-state index in [1.165, 1.54) is 0 Å². The molecule has 0 aliphatic carbocycles. The third kappa shape index (κ3) is 4.40. The lowest BCUT2D eigenvalue weighted by Gasteiger charge is -2.46. The van der Waals surface area contributed by atoms with Crippen LogP contribution in [0.4, 0.5) is 0 Å². The molecule has 2 aliphatic heterocycles. The van der Waals surface area contributed by atoms with Gasteiger partial charge in [0.25, 0.3) is 0 Å². The molecule has 0 spiro atoms. The maximum absolute atomic E-state index is 13.6. The van der Waals surface area contributed by atoms with Crippen molar-refractivity contribution in [3.8, 4) is 0 Å².